The van der Waals surface area contributed by atoms with Gasteiger partial charge < -0.3 is 10.3 Å². The molecule has 3 rings (SSSR count). The van der Waals surface area contributed by atoms with Gasteiger partial charge in [0.2, 0.25) is 0 Å². The predicted molar refractivity (Wildman–Crippen MR) is 83.0 cm³/mol. The lowest BCUT2D eigenvalue weighted by molar-refractivity contribution is 0.368. The highest BCUT2D eigenvalue weighted by atomic mass is 32.2. The van der Waals surface area contributed by atoms with Crippen molar-refractivity contribution in [3.8, 4) is 0 Å². The zero-order valence-electron chi connectivity index (χ0n) is 12.4. The maximum Gasteiger partial charge on any atom is 0.177 e. The molecule has 1 aliphatic rings. The fourth-order valence-corrected chi connectivity index (χ4v) is 4.14. The van der Waals surface area contributed by atoms with Gasteiger partial charge in [-0.15, -0.1) is 0 Å². The smallest absolute Gasteiger partial charge is 0.177 e. The van der Waals surface area contributed by atoms with E-state index in [1.807, 2.05) is 17.7 Å². The van der Waals surface area contributed by atoms with Gasteiger partial charge in [0.25, 0.3) is 0 Å². The second-order valence-electron chi connectivity index (χ2n) is 5.98. The number of fused-ring (bicyclic) bond motifs is 1. The molecule has 0 spiro atoms. The highest BCUT2D eigenvalue weighted by Gasteiger charge is 2.28. The van der Waals surface area contributed by atoms with Crippen molar-refractivity contribution < 1.29 is 8.42 Å². The van der Waals surface area contributed by atoms with E-state index in [2.05, 4.69) is 4.98 Å². The number of hydrogen-bond donors (Lipinski definition) is 1. The number of rotatable bonds is 2. The molecular weight excluding hydrogens is 286 g/mol. The van der Waals surface area contributed by atoms with Gasteiger partial charge in [0.05, 0.1) is 10.4 Å². The number of aryl methyl sites for hydroxylation is 1. The van der Waals surface area contributed by atoms with Crippen molar-refractivity contribution in [2.45, 2.75) is 42.5 Å². The summed E-state index contributed by atoms with van der Waals surface area (Å²) in [7, 11) is -1.34. The summed E-state index contributed by atoms with van der Waals surface area (Å²) >= 11 is 0. The molecule has 0 saturated heterocycles. The molecule has 114 valence electrons. The minimum Gasteiger partial charge on any atom is -0.331 e. The third-order valence-corrected chi connectivity index (χ3v) is 5.59. The quantitative estimate of drug-likeness (QED) is 0.920. The van der Waals surface area contributed by atoms with E-state index >= 15 is 0 Å². The Balaban J connectivity index is 2.20. The zero-order chi connectivity index (χ0) is 15.2. The topological polar surface area (TPSA) is 78.0 Å². The fraction of sp³-hybridized carbons (Fsp3) is 0.533. The molecule has 6 heteroatoms. The van der Waals surface area contributed by atoms with Gasteiger partial charge in [-0.25, -0.2) is 13.4 Å². The predicted octanol–water partition coefficient (Wildman–Crippen LogP) is 1.96. The molecule has 2 atom stereocenters. The second kappa shape index (κ2) is 5.10. The first kappa shape index (κ1) is 14.5. The van der Waals surface area contributed by atoms with E-state index < -0.39 is 9.84 Å². The average molecular weight is 307 g/mol. The van der Waals surface area contributed by atoms with Crippen molar-refractivity contribution in [1.29, 1.82) is 0 Å². The minimum atomic E-state index is -3.28. The lowest BCUT2D eigenvalue weighted by Gasteiger charge is -2.27. The van der Waals surface area contributed by atoms with Crippen molar-refractivity contribution in [1.82, 2.24) is 9.55 Å². The van der Waals surface area contributed by atoms with Gasteiger partial charge in [-0.05, 0) is 25.0 Å². The van der Waals surface area contributed by atoms with Crippen LogP contribution in [0, 0.1) is 0 Å². The highest BCUT2D eigenvalue weighted by molar-refractivity contribution is 7.91. The monoisotopic (exact) mass is 307 g/mol. The van der Waals surface area contributed by atoms with E-state index in [-0.39, 0.29) is 12.0 Å². The summed E-state index contributed by atoms with van der Waals surface area (Å²) < 4.78 is 25.9. The summed E-state index contributed by atoms with van der Waals surface area (Å²) in [4.78, 5) is 4.95. The van der Waals surface area contributed by atoms with Gasteiger partial charge in [0.1, 0.15) is 11.3 Å². The van der Waals surface area contributed by atoms with Gasteiger partial charge in [-0.2, -0.15) is 0 Å². The molecule has 2 aromatic rings. The van der Waals surface area contributed by atoms with Crippen LogP contribution in [0.3, 0.4) is 0 Å². The first-order chi connectivity index (χ1) is 9.89. The summed E-state index contributed by atoms with van der Waals surface area (Å²) in [6.45, 7) is 0. The molecule has 0 amide bonds. The van der Waals surface area contributed by atoms with Crippen LogP contribution < -0.4 is 5.73 Å². The van der Waals surface area contributed by atoms with Crippen molar-refractivity contribution in [2.75, 3.05) is 6.26 Å². The first-order valence-corrected chi connectivity index (χ1v) is 9.19. The third-order valence-electron chi connectivity index (χ3n) is 4.46. The van der Waals surface area contributed by atoms with E-state index in [0.717, 1.165) is 37.0 Å². The number of imidazole rings is 1. The van der Waals surface area contributed by atoms with E-state index in [9.17, 15) is 8.42 Å². The fourth-order valence-electron chi connectivity index (χ4n) is 3.32. The summed E-state index contributed by atoms with van der Waals surface area (Å²) in [6.07, 6.45) is 5.57. The van der Waals surface area contributed by atoms with Crippen molar-refractivity contribution in [3.05, 3.63) is 24.0 Å². The Morgan fingerprint density at radius 3 is 2.67 bits per heavy atom. The molecule has 1 heterocycles. The van der Waals surface area contributed by atoms with Gasteiger partial charge in [-0.3, -0.25) is 0 Å². The highest BCUT2D eigenvalue weighted by Crippen LogP contribution is 2.34. The van der Waals surface area contributed by atoms with Crippen LogP contribution in [0.1, 0.15) is 37.4 Å². The van der Waals surface area contributed by atoms with Gasteiger partial charge in [0, 0.05) is 25.3 Å². The SMILES string of the molecule is Cn1c(C2CCCCC2N)nc2c(S(C)(=O)=O)cccc21. The molecule has 5 nitrogen and oxygen atoms in total. The van der Waals surface area contributed by atoms with Gasteiger partial charge >= 0.3 is 0 Å². The van der Waals surface area contributed by atoms with Crippen molar-refractivity contribution >= 4 is 20.9 Å². The largest absolute Gasteiger partial charge is 0.331 e. The molecule has 1 aromatic heterocycles. The maximum atomic E-state index is 11.9. The molecular formula is C15H21N3O2S. The molecule has 21 heavy (non-hydrogen) atoms. The molecule has 0 bridgehead atoms. The van der Waals surface area contributed by atoms with Crippen molar-refractivity contribution in [3.63, 3.8) is 0 Å². The Hall–Kier alpha value is -1.40. The number of nitrogens with two attached hydrogens (primary N) is 1. The molecule has 1 aromatic carbocycles. The average Bonchev–Trinajstić information content (AvgIpc) is 2.76. The van der Waals surface area contributed by atoms with Gasteiger partial charge in [0.15, 0.2) is 9.84 Å². The molecule has 0 aliphatic heterocycles. The summed E-state index contributed by atoms with van der Waals surface area (Å²) in [5.74, 6) is 1.12. The van der Waals surface area contributed by atoms with Crippen LogP contribution in [0.15, 0.2) is 23.1 Å². The van der Waals surface area contributed by atoms with Gasteiger partial charge in [-0.1, -0.05) is 18.9 Å². The number of sulfone groups is 1. The summed E-state index contributed by atoms with van der Waals surface area (Å²) in [5.41, 5.74) is 7.67. The van der Waals surface area contributed by atoms with Crippen LogP contribution in [-0.4, -0.2) is 30.3 Å². The zero-order valence-corrected chi connectivity index (χ0v) is 13.2. The van der Waals surface area contributed by atoms with E-state index in [1.54, 1.807) is 12.1 Å². The Labute approximate surface area is 125 Å². The number of hydrogen-bond acceptors (Lipinski definition) is 4. The van der Waals surface area contributed by atoms with Crippen LogP contribution in [0.5, 0.6) is 0 Å². The Kier molecular flexibility index (Phi) is 3.53. The maximum absolute atomic E-state index is 11.9. The Bertz CT molecular complexity index is 780. The van der Waals surface area contributed by atoms with Crippen LogP contribution in [0.2, 0.25) is 0 Å². The van der Waals surface area contributed by atoms with Crippen LogP contribution in [0.4, 0.5) is 0 Å². The standard InChI is InChI=1S/C15H21N3O2S/c1-18-12-8-5-9-13(21(2,19)20)14(12)17-15(18)10-6-3-4-7-11(10)16/h5,8-11H,3-4,6-7,16H2,1-2H3. The summed E-state index contributed by atoms with van der Waals surface area (Å²) in [5, 5.41) is 0. The number of para-hydroxylation sites is 1. The molecule has 1 aliphatic carbocycles. The van der Waals surface area contributed by atoms with Crippen molar-refractivity contribution in [2.24, 2.45) is 12.8 Å². The molecule has 1 saturated carbocycles. The second-order valence-corrected chi connectivity index (χ2v) is 7.96. The third kappa shape index (κ3) is 2.46. The lowest BCUT2D eigenvalue weighted by Crippen LogP contribution is -2.32. The first-order valence-electron chi connectivity index (χ1n) is 7.30. The van der Waals surface area contributed by atoms with Crippen LogP contribution >= 0.6 is 0 Å². The minimum absolute atomic E-state index is 0.107. The van der Waals surface area contributed by atoms with E-state index in [4.69, 9.17) is 5.73 Å². The Morgan fingerprint density at radius 2 is 2.00 bits per heavy atom. The van der Waals surface area contributed by atoms with Crippen LogP contribution in [0.25, 0.3) is 11.0 Å². The summed E-state index contributed by atoms with van der Waals surface area (Å²) in [6, 6.07) is 5.41. The van der Waals surface area contributed by atoms with Crippen LogP contribution in [-0.2, 0) is 16.9 Å². The molecule has 1 fully saturated rings. The number of benzene rings is 1. The lowest BCUT2D eigenvalue weighted by atomic mass is 9.84. The van der Waals surface area contributed by atoms with E-state index in [0.29, 0.717) is 10.4 Å². The normalized spacial score (nSPS) is 23.6. The number of aromatic nitrogens is 2. The molecule has 2 unspecified atom stereocenters. The molecule has 0 radical (unpaired) electrons. The Morgan fingerprint density at radius 1 is 1.29 bits per heavy atom. The molecule has 2 N–H and O–H groups in total. The number of nitrogens with zero attached hydrogens (tertiary/aromatic N) is 2. The van der Waals surface area contributed by atoms with E-state index in [1.165, 1.54) is 6.26 Å².